The van der Waals surface area contributed by atoms with Crippen molar-refractivity contribution in [2.75, 3.05) is 13.7 Å². The first-order valence-electron chi connectivity index (χ1n) is 6.70. The second-order valence-corrected chi connectivity index (χ2v) is 5.55. The van der Waals surface area contributed by atoms with Crippen LogP contribution in [0.4, 0.5) is 0 Å². The predicted octanol–water partition coefficient (Wildman–Crippen LogP) is 1.84. The lowest BCUT2D eigenvalue weighted by Gasteiger charge is -2.37. The Morgan fingerprint density at radius 3 is 2.38 bits per heavy atom. The molecular formula is C13H25NO2. The van der Waals surface area contributed by atoms with Gasteiger partial charge < -0.3 is 15.2 Å². The largest absolute Gasteiger partial charge is 0.389 e. The zero-order valence-corrected chi connectivity index (χ0v) is 10.4. The average Bonchev–Trinajstić information content (AvgIpc) is 2.42. The molecule has 0 atom stereocenters. The Kier molecular flexibility index (Phi) is 4.22. The van der Waals surface area contributed by atoms with Crippen LogP contribution in [0.3, 0.4) is 0 Å². The Morgan fingerprint density at radius 1 is 1.19 bits per heavy atom. The van der Waals surface area contributed by atoms with E-state index in [0.29, 0.717) is 12.1 Å². The van der Waals surface area contributed by atoms with Crippen molar-refractivity contribution < 1.29 is 9.84 Å². The summed E-state index contributed by atoms with van der Waals surface area (Å²) >= 11 is 0. The molecule has 0 amide bonds. The van der Waals surface area contributed by atoms with Crippen LogP contribution in [0.15, 0.2) is 0 Å². The number of hydrogen-bond acceptors (Lipinski definition) is 3. The lowest BCUT2D eigenvalue weighted by Crippen LogP contribution is -2.50. The van der Waals surface area contributed by atoms with Gasteiger partial charge in [-0.2, -0.15) is 0 Å². The van der Waals surface area contributed by atoms with Crippen molar-refractivity contribution in [2.45, 2.75) is 69.1 Å². The fourth-order valence-electron chi connectivity index (χ4n) is 2.82. The smallest absolute Gasteiger partial charge is 0.0771 e. The Morgan fingerprint density at radius 2 is 1.81 bits per heavy atom. The number of hydrogen-bond donors (Lipinski definition) is 2. The van der Waals surface area contributed by atoms with Gasteiger partial charge in [-0.15, -0.1) is 0 Å². The number of rotatable bonds is 4. The van der Waals surface area contributed by atoms with Crippen molar-refractivity contribution in [1.82, 2.24) is 5.32 Å². The summed E-state index contributed by atoms with van der Waals surface area (Å²) in [6, 6.07) is 0.567. The normalized spacial score (nSPS) is 34.1. The highest BCUT2D eigenvalue weighted by atomic mass is 16.5. The van der Waals surface area contributed by atoms with Crippen LogP contribution in [0.2, 0.25) is 0 Å². The quantitative estimate of drug-likeness (QED) is 0.720. The monoisotopic (exact) mass is 227 g/mol. The Hall–Kier alpha value is -0.120. The van der Waals surface area contributed by atoms with Crippen LogP contribution in [0.1, 0.15) is 51.4 Å². The molecule has 0 saturated heterocycles. The number of methoxy groups -OCH3 is 1. The van der Waals surface area contributed by atoms with Crippen LogP contribution in [0.5, 0.6) is 0 Å². The van der Waals surface area contributed by atoms with E-state index >= 15 is 0 Å². The van der Waals surface area contributed by atoms with Crippen LogP contribution in [0, 0.1) is 0 Å². The first kappa shape index (κ1) is 12.3. The molecule has 0 aromatic carbocycles. The highest BCUT2D eigenvalue weighted by Gasteiger charge is 2.33. The predicted molar refractivity (Wildman–Crippen MR) is 64.5 cm³/mol. The SMILES string of the molecule is COC1CC(NCC2(O)CCCCCC2)C1. The van der Waals surface area contributed by atoms with Gasteiger partial charge in [0.2, 0.25) is 0 Å². The molecule has 2 saturated carbocycles. The van der Waals surface area contributed by atoms with Gasteiger partial charge in [-0.3, -0.25) is 0 Å². The van der Waals surface area contributed by atoms with Crippen molar-refractivity contribution in [2.24, 2.45) is 0 Å². The van der Waals surface area contributed by atoms with Crippen molar-refractivity contribution in [1.29, 1.82) is 0 Å². The Bertz CT molecular complexity index is 206. The highest BCUT2D eigenvalue weighted by molar-refractivity contribution is 4.90. The summed E-state index contributed by atoms with van der Waals surface area (Å²) in [6.45, 7) is 0.772. The molecule has 16 heavy (non-hydrogen) atoms. The molecule has 2 N–H and O–H groups in total. The third-order valence-corrected chi connectivity index (χ3v) is 4.18. The van der Waals surface area contributed by atoms with Crippen LogP contribution in [-0.2, 0) is 4.74 Å². The standard InChI is InChI=1S/C13H25NO2/c1-16-12-8-11(9-12)14-10-13(15)6-4-2-3-5-7-13/h11-12,14-15H,2-10H2,1H3. The lowest BCUT2D eigenvalue weighted by atomic mass is 9.87. The number of nitrogens with one attached hydrogen (secondary N) is 1. The number of aliphatic hydroxyl groups is 1. The molecular weight excluding hydrogens is 202 g/mol. The van der Waals surface area contributed by atoms with Gasteiger partial charge in [0.25, 0.3) is 0 Å². The minimum Gasteiger partial charge on any atom is -0.389 e. The molecule has 0 aliphatic heterocycles. The molecule has 3 heteroatoms. The minimum absolute atomic E-state index is 0.436. The summed E-state index contributed by atoms with van der Waals surface area (Å²) in [5.74, 6) is 0. The van der Waals surface area contributed by atoms with E-state index in [1.165, 1.54) is 25.7 Å². The van der Waals surface area contributed by atoms with Gasteiger partial charge in [0, 0.05) is 19.7 Å². The summed E-state index contributed by atoms with van der Waals surface area (Å²) in [6.07, 6.45) is 9.54. The molecule has 94 valence electrons. The van der Waals surface area contributed by atoms with E-state index in [-0.39, 0.29) is 0 Å². The van der Waals surface area contributed by atoms with Crippen molar-refractivity contribution in [3.05, 3.63) is 0 Å². The Labute approximate surface area is 98.6 Å². The molecule has 2 aliphatic rings. The van der Waals surface area contributed by atoms with Gasteiger partial charge in [-0.25, -0.2) is 0 Å². The minimum atomic E-state index is -0.436. The second-order valence-electron chi connectivity index (χ2n) is 5.55. The molecule has 0 aromatic heterocycles. The van der Waals surface area contributed by atoms with E-state index in [0.717, 1.165) is 32.2 Å². The summed E-state index contributed by atoms with van der Waals surface area (Å²) in [5, 5.41) is 13.9. The topological polar surface area (TPSA) is 41.5 Å². The van der Waals surface area contributed by atoms with Gasteiger partial charge >= 0.3 is 0 Å². The fraction of sp³-hybridized carbons (Fsp3) is 1.00. The molecule has 0 aromatic rings. The molecule has 0 unspecified atom stereocenters. The van der Waals surface area contributed by atoms with E-state index in [9.17, 15) is 5.11 Å². The molecule has 2 fully saturated rings. The van der Waals surface area contributed by atoms with E-state index < -0.39 is 5.60 Å². The van der Waals surface area contributed by atoms with Gasteiger partial charge in [-0.1, -0.05) is 25.7 Å². The van der Waals surface area contributed by atoms with E-state index in [4.69, 9.17) is 4.74 Å². The van der Waals surface area contributed by atoms with Gasteiger partial charge in [-0.05, 0) is 25.7 Å². The fourth-order valence-corrected chi connectivity index (χ4v) is 2.82. The van der Waals surface area contributed by atoms with Gasteiger partial charge in [0.05, 0.1) is 11.7 Å². The zero-order valence-electron chi connectivity index (χ0n) is 10.4. The lowest BCUT2D eigenvalue weighted by molar-refractivity contribution is -0.00770. The molecule has 0 spiro atoms. The van der Waals surface area contributed by atoms with E-state index in [1.54, 1.807) is 7.11 Å². The van der Waals surface area contributed by atoms with Crippen molar-refractivity contribution >= 4 is 0 Å². The van der Waals surface area contributed by atoms with Crippen molar-refractivity contribution in [3.8, 4) is 0 Å². The van der Waals surface area contributed by atoms with Crippen LogP contribution in [0.25, 0.3) is 0 Å². The summed E-state index contributed by atoms with van der Waals surface area (Å²) < 4.78 is 5.25. The maximum atomic E-state index is 10.4. The Balaban J connectivity index is 1.68. The average molecular weight is 227 g/mol. The third-order valence-electron chi connectivity index (χ3n) is 4.18. The first-order valence-corrected chi connectivity index (χ1v) is 6.70. The molecule has 3 nitrogen and oxygen atoms in total. The van der Waals surface area contributed by atoms with Crippen LogP contribution >= 0.6 is 0 Å². The molecule has 0 radical (unpaired) electrons. The summed E-state index contributed by atoms with van der Waals surface area (Å²) in [7, 11) is 1.78. The molecule has 0 heterocycles. The summed E-state index contributed by atoms with van der Waals surface area (Å²) in [4.78, 5) is 0. The molecule has 2 aliphatic carbocycles. The van der Waals surface area contributed by atoms with Crippen molar-refractivity contribution in [3.63, 3.8) is 0 Å². The first-order chi connectivity index (χ1) is 7.72. The van der Waals surface area contributed by atoms with Crippen LogP contribution in [-0.4, -0.2) is 36.5 Å². The third kappa shape index (κ3) is 3.19. The molecule has 0 bridgehead atoms. The van der Waals surface area contributed by atoms with Crippen LogP contribution < -0.4 is 5.32 Å². The maximum absolute atomic E-state index is 10.4. The van der Waals surface area contributed by atoms with E-state index in [2.05, 4.69) is 5.32 Å². The van der Waals surface area contributed by atoms with Gasteiger partial charge in [0.15, 0.2) is 0 Å². The zero-order chi connectivity index (χ0) is 11.4. The molecule has 2 rings (SSSR count). The highest BCUT2D eigenvalue weighted by Crippen LogP contribution is 2.28. The van der Waals surface area contributed by atoms with Gasteiger partial charge in [0.1, 0.15) is 0 Å². The summed E-state index contributed by atoms with van der Waals surface area (Å²) in [5.41, 5.74) is -0.436. The number of ether oxygens (including phenoxy) is 1. The maximum Gasteiger partial charge on any atom is 0.0771 e. The second kappa shape index (κ2) is 5.48. The van der Waals surface area contributed by atoms with E-state index in [1.807, 2.05) is 0 Å².